The predicted octanol–water partition coefficient (Wildman–Crippen LogP) is 3.91. The molecule has 1 atom stereocenters. The van der Waals surface area contributed by atoms with E-state index in [1.807, 2.05) is 16.7 Å². The molecule has 1 aliphatic heterocycles. The van der Waals surface area contributed by atoms with Crippen LogP contribution in [0, 0.1) is 0 Å². The Hall–Kier alpha value is -2.80. The van der Waals surface area contributed by atoms with E-state index in [0.717, 1.165) is 41.8 Å². The average Bonchev–Trinajstić information content (AvgIpc) is 3.41. The van der Waals surface area contributed by atoms with Crippen molar-refractivity contribution in [1.82, 2.24) is 24.6 Å². The molecule has 5 rings (SSSR count). The molecule has 0 bridgehead atoms. The van der Waals surface area contributed by atoms with E-state index in [0.29, 0.717) is 17.5 Å². The Morgan fingerprint density at radius 1 is 1.23 bits per heavy atom. The first kappa shape index (κ1) is 15.5. The summed E-state index contributed by atoms with van der Waals surface area (Å²) >= 11 is 0. The van der Waals surface area contributed by atoms with Crippen LogP contribution >= 0.6 is 0 Å². The van der Waals surface area contributed by atoms with Gasteiger partial charge in [0.1, 0.15) is 17.0 Å². The minimum Gasteiger partial charge on any atom is -0.422 e. The summed E-state index contributed by atoms with van der Waals surface area (Å²) in [6.07, 6.45) is 5.49. The Morgan fingerprint density at radius 2 is 2.15 bits per heavy atom. The van der Waals surface area contributed by atoms with Crippen LogP contribution in [-0.2, 0) is 4.74 Å². The van der Waals surface area contributed by atoms with E-state index in [9.17, 15) is 0 Å². The Morgan fingerprint density at radius 3 is 2.88 bits per heavy atom. The summed E-state index contributed by atoms with van der Waals surface area (Å²) in [5.74, 6) is 0.731. The molecule has 0 N–H and O–H groups in total. The summed E-state index contributed by atoms with van der Waals surface area (Å²) in [6.45, 7) is 5.14. The van der Waals surface area contributed by atoms with Crippen molar-refractivity contribution in [2.45, 2.75) is 38.7 Å². The topological polar surface area (TPSA) is 78.3 Å². The molecular formula is C19H19N5O2. The van der Waals surface area contributed by atoms with Gasteiger partial charge in [-0.3, -0.25) is 4.40 Å². The number of hydrogen-bond acceptors (Lipinski definition) is 6. The van der Waals surface area contributed by atoms with Crippen LogP contribution in [0.2, 0.25) is 0 Å². The maximum absolute atomic E-state index is 5.97. The number of fused-ring (bicyclic) bond motifs is 3. The van der Waals surface area contributed by atoms with Gasteiger partial charge in [0, 0.05) is 23.9 Å². The number of hydrogen-bond donors (Lipinski definition) is 0. The molecule has 26 heavy (non-hydrogen) atoms. The second-order valence-corrected chi connectivity index (χ2v) is 6.96. The maximum atomic E-state index is 5.97. The lowest BCUT2D eigenvalue weighted by Gasteiger charge is -2.16. The van der Waals surface area contributed by atoms with Gasteiger partial charge >= 0.3 is 0 Å². The van der Waals surface area contributed by atoms with Crippen molar-refractivity contribution in [3.63, 3.8) is 0 Å². The molecule has 0 spiro atoms. The molecule has 5 heterocycles. The van der Waals surface area contributed by atoms with Crippen LogP contribution < -0.4 is 0 Å². The second-order valence-electron chi connectivity index (χ2n) is 6.96. The lowest BCUT2D eigenvalue weighted by molar-refractivity contribution is 0.113. The van der Waals surface area contributed by atoms with Crippen LogP contribution in [0.25, 0.3) is 28.3 Å². The molecule has 7 nitrogen and oxygen atoms in total. The van der Waals surface area contributed by atoms with E-state index >= 15 is 0 Å². The molecule has 0 aromatic carbocycles. The summed E-state index contributed by atoms with van der Waals surface area (Å²) < 4.78 is 13.3. The van der Waals surface area contributed by atoms with Crippen LogP contribution in [0.5, 0.6) is 0 Å². The van der Waals surface area contributed by atoms with Gasteiger partial charge in [0.25, 0.3) is 5.89 Å². The van der Waals surface area contributed by atoms with Crippen molar-refractivity contribution < 1.29 is 9.15 Å². The van der Waals surface area contributed by atoms with E-state index in [4.69, 9.17) is 14.1 Å². The first-order valence-electron chi connectivity index (χ1n) is 8.91. The van der Waals surface area contributed by atoms with Crippen molar-refractivity contribution in [2.75, 3.05) is 6.61 Å². The van der Waals surface area contributed by atoms with Crippen LogP contribution in [0.15, 0.2) is 35.2 Å². The molecule has 4 aromatic heterocycles. The first-order valence-corrected chi connectivity index (χ1v) is 8.91. The van der Waals surface area contributed by atoms with E-state index in [2.05, 4.69) is 41.2 Å². The number of imidazole rings is 1. The molecular weight excluding hydrogens is 330 g/mol. The van der Waals surface area contributed by atoms with Gasteiger partial charge in [-0.25, -0.2) is 9.97 Å². The van der Waals surface area contributed by atoms with Gasteiger partial charge < -0.3 is 9.15 Å². The highest BCUT2D eigenvalue weighted by atomic mass is 16.5. The highest BCUT2D eigenvalue weighted by Crippen LogP contribution is 2.35. The van der Waals surface area contributed by atoms with Crippen LogP contribution in [0.4, 0.5) is 0 Å². The standard InChI is InChI=1S/C19H19N5O2/c1-11(2)14-8-13(16-4-3-7-25-16)12-5-6-17-21-15(19-23-20-10-26-19)9-24(17)18(12)22-14/h5-6,8-11,16H,3-4,7H2,1-2H3. The SMILES string of the molecule is CC(C)c1cc(C2CCCO2)c2ccc3nc(-c4nnco4)cn3c2n1. The Kier molecular flexibility index (Phi) is 3.49. The quantitative estimate of drug-likeness (QED) is 0.558. The van der Waals surface area contributed by atoms with Crippen molar-refractivity contribution >= 4 is 16.7 Å². The second kappa shape index (κ2) is 5.88. The highest BCUT2D eigenvalue weighted by Gasteiger charge is 2.23. The zero-order valence-electron chi connectivity index (χ0n) is 14.7. The van der Waals surface area contributed by atoms with Gasteiger partial charge in [-0.2, -0.15) is 0 Å². The van der Waals surface area contributed by atoms with Crippen molar-refractivity contribution in [3.8, 4) is 11.6 Å². The fourth-order valence-electron chi connectivity index (χ4n) is 3.55. The van der Waals surface area contributed by atoms with E-state index in [-0.39, 0.29) is 6.10 Å². The van der Waals surface area contributed by atoms with Gasteiger partial charge in [0.15, 0.2) is 0 Å². The minimum atomic E-state index is 0.134. The molecule has 4 aromatic rings. The smallest absolute Gasteiger partial charge is 0.267 e. The van der Waals surface area contributed by atoms with Crippen LogP contribution in [0.3, 0.4) is 0 Å². The normalized spacial score (nSPS) is 17.7. The molecule has 1 unspecified atom stereocenters. The molecule has 0 saturated carbocycles. The Bertz CT molecular complexity index is 1080. The zero-order chi connectivity index (χ0) is 17.7. The van der Waals surface area contributed by atoms with Crippen molar-refractivity contribution in [3.05, 3.63) is 42.0 Å². The van der Waals surface area contributed by atoms with Crippen LogP contribution in [-0.4, -0.2) is 31.2 Å². The first-order chi connectivity index (χ1) is 12.7. The van der Waals surface area contributed by atoms with E-state index < -0.39 is 0 Å². The highest BCUT2D eigenvalue weighted by molar-refractivity contribution is 5.83. The number of pyridine rings is 2. The molecule has 7 heteroatoms. The Balaban J connectivity index is 1.79. The number of aromatic nitrogens is 5. The Labute approximate surface area is 150 Å². The van der Waals surface area contributed by atoms with Gasteiger partial charge in [-0.05, 0) is 42.5 Å². The number of rotatable bonds is 3. The van der Waals surface area contributed by atoms with Gasteiger partial charge in [0.2, 0.25) is 6.39 Å². The summed E-state index contributed by atoms with van der Waals surface area (Å²) in [7, 11) is 0. The molecule has 1 fully saturated rings. The third-order valence-electron chi connectivity index (χ3n) is 4.90. The molecule has 1 aliphatic rings. The molecule has 1 saturated heterocycles. The largest absolute Gasteiger partial charge is 0.422 e. The third-order valence-corrected chi connectivity index (χ3v) is 4.90. The van der Waals surface area contributed by atoms with E-state index in [1.54, 1.807) is 0 Å². The van der Waals surface area contributed by atoms with Crippen LogP contribution in [0.1, 0.15) is 50.0 Å². The average molecular weight is 349 g/mol. The number of ether oxygens (including phenoxy) is 1. The van der Waals surface area contributed by atoms with Crippen molar-refractivity contribution in [2.24, 2.45) is 0 Å². The zero-order valence-corrected chi connectivity index (χ0v) is 14.7. The summed E-state index contributed by atoms with van der Waals surface area (Å²) in [5.41, 5.74) is 4.61. The lowest BCUT2D eigenvalue weighted by Crippen LogP contribution is -2.04. The maximum Gasteiger partial charge on any atom is 0.267 e. The lowest BCUT2D eigenvalue weighted by atomic mass is 9.99. The minimum absolute atomic E-state index is 0.134. The monoisotopic (exact) mass is 349 g/mol. The third kappa shape index (κ3) is 2.39. The summed E-state index contributed by atoms with van der Waals surface area (Å²) in [4.78, 5) is 9.53. The summed E-state index contributed by atoms with van der Waals surface area (Å²) in [6, 6.07) is 6.28. The number of nitrogens with zero attached hydrogens (tertiary/aromatic N) is 5. The fourth-order valence-corrected chi connectivity index (χ4v) is 3.55. The fraction of sp³-hybridized carbons (Fsp3) is 0.368. The molecule has 0 radical (unpaired) electrons. The van der Waals surface area contributed by atoms with Crippen molar-refractivity contribution in [1.29, 1.82) is 0 Å². The summed E-state index contributed by atoms with van der Waals surface area (Å²) in [5, 5.41) is 8.79. The molecule has 132 valence electrons. The van der Waals surface area contributed by atoms with E-state index in [1.165, 1.54) is 12.0 Å². The van der Waals surface area contributed by atoms with Gasteiger partial charge in [-0.15, -0.1) is 10.2 Å². The van der Waals surface area contributed by atoms with Gasteiger partial charge in [-0.1, -0.05) is 13.8 Å². The predicted molar refractivity (Wildman–Crippen MR) is 95.8 cm³/mol. The molecule has 0 amide bonds. The van der Waals surface area contributed by atoms with Gasteiger partial charge in [0.05, 0.1) is 6.10 Å². The molecule has 0 aliphatic carbocycles.